The van der Waals surface area contributed by atoms with Crippen LogP contribution in [0.1, 0.15) is 32.2 Å². The third-order valence-electron chi connectivity index (χ3n) is 3.29. The predicted octanol–water partition coefficient (Wildman–Crippen LogP) is 1.38. The largest absolute Gasteiger partial charge is 0.387 e. The van der Waals surface area contributed by atoms with Crippen LogP contribution in [0.4, 0.5) is 0 Å². The van der Waals surface area contributed by atoms with Crippen molar-refractivity contribution < 1.29 is 0 Å². The van der Waals surface area contributed by atoms with Gasteiger partial charge in [-0.25, -0.2) is 0 Å². The molecule has 0 spiro atoms. The summed E-state index contributed by atoms with van der Waals surface area (Å²) in [5.74, 6) is 0.358. The fraction of sp³-hybridized carbons (Fsp3) is 0.692. The van der Waals surface area contributed by atoms with Crippen LogP contribution in [0.5, 0.6) is 0 Å². The highest BCUT2D eigenvalue weighted by Crippen LogP contribution is 2.09. The minimum atomic E-state index is 0.101. The zero-order valence-electron chi connectivity index (χ0n) is 11.9. The van der Waals surface area contributed by atoms with Gasteiger partial charge < -0.3 is 5.73 Å². The number of aryl methyl sites for hydroxylation is 2. The van der Waals surface area contributed by atoms with Gasteiger partial charge in [-0.05, 0) is 19.0 Å². The van der Waals surface area contributed by atoms with E-state index in [1.165, 1.54) is 5.69 Å². The molecule has 1 aromatic heterocycles. The first kappa shape index (κ1) is 14.7. The first-order chi connectivity index (χ1) is 8.47. The number of nitrogens with zero attached hydrogens (tertiary/aromatic N) is 3. The lowest BCUT2D eigenvalue weighted by molar-refractivity contribution is 0.256. The van der Waals surface area contributed by atoms with Crippen LogP contribution in [0, 0.1) is 11.3 Å². The molecule has 5 heteroatoms. The maximum absolute atomic E-state index is 7.46. The van der Waals surface area contributed by atoms with Crippen LogP contribution in [0.2, 0.25) is 0 Å². The summed E-state index contributed by atoms with van der Waals surface area (Å²) in [5, 5.41) is 11.9. The van der Waals surface area contributed by atoms with Crippen LogP contribution in [0.25, 0.3) is 0 Å². The summed E-state index contributed by atoms with van der Waals surface area (Å²) in [6.45, 7) is 8.86. The maximum atomic E-state index is 7.46. The summed E-state index contributed by atoms with van der Waals surface area (Å²) in [7, 11) is 1.98. The second-order valence-electron chi connectivity index (χ2n) is 4.79. The van der Waals surface area contributed by atoms with Crippen molar-refractivity contribution in [3.63, 3.8) is 0 Å². The fourth-order valence-electron chi connectivity index (χ4n) is 1.91. The van der Waals surface area contributed by atoms with E-state index in [0.29, 0.717) is 0 Å². The van der Waals surface area contributed by atoms with Crippen LogP contribution in [-0.2, 0) is 20.0 Å². The van der Waals surface area contributed by atoms with Crippen molar-refractivity contribution in [1.82, 2.24) is 14.7 Å². The zero-order chi connectivity index (χ0) is 13.7. The second kappa shape index (κ2) is 6.54. The third kappa shape index (κ3) is 3.84. The Hall–Kier alpha value is -1.36. The average Bonchev–Trinajstić information content (AvgIpc) is 2.69. The first-order valence-corrected chi connectivity index (χ1v) is 6.55. The molecule has 5 nitrogen and oxygen atoms in total. The molecule has 1 atom stereocenters. The van der Waals surface area contributed by atoms with Gasteiger partial charge in [0.25, 0.3) is 0 Å². The molecule has 0 saturated heterocycles. The van der Waals surface area contributed by atoms with E-state index in [1.807, 2.05) is 18.7 Å². The van der Waals surface area contributed by atoms with Gasteiger partial charge in [-0.2, -0.15) is 5.10 Å². The number of aromatic nitrogens is 2. The second-order valence-corrected chi connectivity index (χ2v) is 4.79. The Labute approximate surface area is 109 Å². The van der Waals surface area contributed by atoms with Crippen molar-refractivity contribution in [2.45, 2.75) is 33.7 Å². The van der Waals surface area contributed by atoms with Gasteiger partial charge in [0.2, 0.25) is 0 Å². The molecule has 0 aromatic carbocycles. The van der Waals surface area contributed by atoms with E-state index in [4.69, 9.17) is 11.1 Å². The molecule has 0 aliphatic heterocycles. The number of amidine groups is 1. The van der Waals surface area contributed by atoms with Crippen molar-refractivity contribution in [1.29, 1.82) is 5.41 Å². The molecule has 1 heterocycles. The summed E-state index contributed by atoms with van der Waals surface area (Å²) in [5.41, 5.74) is 7.87. The van der Waals surface area contributed by atoms with Gasteiger partial charge in [0.15, 0.2) is 0 Å². The SMILES string of the molecule is CCc1cc(CN(CC)CC(C)C(=N)N)n(C)n1. The standard InChI is InChI=1S/C13H25N5/c1-5-11-7-12(17(4)16-11)9-18(6-2)8-10(3)13(14)15/h7,10H,5-6,8-9H2,1-4H3,(H3,14,15). The van der Waals surface area contributed by atoms with Gasteiger partial charge in [-0.15, -0.1) is 0 Å². The lowest BCUT2D eigenvalue weighted by Gasteiger charge is -2.23. The quantitative estimate of drug-likeness (QED) is 0.568. The molecule has 0 bridgehead atoms. The van der Waals surface area contributed by atoms with E-state index in [-0.39, 0.29) is 11.8 Å². The Kier molecular flexibility index (Phi) is 5.34. The van der Waals surface area contributed by atoms with Gasteiger partial charge in [0.1, 0.15) is 0 Å². The predicted molar refractivity (Wildman–Crippen MR) is 74.6 cm³/mol. The van der Waals surface area contributed by atoms with E-state index in [9.17, 15) is 0 Å². The molecule has 0 saturated carbocycles. The molecule has 1 rings (SSSR count). The van der Waals surface area contributed by atoms with Crippen molar-refractivity contribution in [2.75, 3.05) is 13.1 Å². The van der Waals surface area contributed by atoms with E-state index < -0.39 is 0 Å². The van der Waals surface area contributed by atoms with Crippen LogP contribution >= 0.6 is 0 Å². The Morgan fingerprint density at radius 2 is 2.22 bits per heavy atom. The Balaban J connectivity index is 2.67. The van der Waals surface area contributed by atoms with Gasteiger partial charge in [0.05, 0.1) is 17.2 Å². The summed E-state index contributed by atoms with van der Waals surface area (Å²) in [6.07, 6.45) is 0.962. The Morgan fingerprint density at radius 3 is 2.67 bits per heavy atom. The minimum absolute atomic E-state index is 0.101. The number of nitrogens with two attached hydrogens (primary N) is 1. The van der Waals surface area contributed by atoms with Gasteiger partial charge in [-0.1, -0.05) is 20.8 Å². The van der Waals surface area contributed by atoms with E-state index in [2.05, 4.69) is 29.9 Å². The highest BCUT2D eigenvalue weighted by Gasteiger charge is 2.13. The summed E-state index contributed by atoms with van der Waals surface area (Å²) in [4.78, 5) is 2.29. The minimum Gasteiger partial charge on any atom is -0.387 e. The molecular formula is C13H25N5. The summed E-state index contributed by atoms with van der Waals surface area (Å²) < 4.78 is 1.94. The average molecular weight is 251 g/mol. The monoisotopic (exact) mass is 251 g/mol. The molecule has 0 fully saturated rings. The van der Waals surface area contributed by atoms with Crippen molar-refractivity contribution >= 4 is 5.84 Å². The maximum Gasteiger partial charge on any atom is 0.0947 e. The Bertz CT molecular complexity index is 396. The lowest BCUT2D eigenvalue weighted by atomic mass is 10.1. The third-order valence-corrected chi connectivity index (χ3v) is 3.29. The smallest absolute Gasteiger partial charge is 0.0947 e. The van der Waals surface area contributed by atoms with Crippen LogP contribution in [0.3, 0.4) is 0 Å². The van der Waals surface area contributed by atoms with Gasteiger partial charge >= 0.3 is 0 Å². The fourth-order valence-corrected chi connectivity index (χ4v) is 1.91. The topological polar surface area (TPSA) is 70.9 Å². The molecule has 0 aliphatic rings. The highest BCUT2D eigenvalue weighted by atomic mass is 15.3. The molecule has 0 radical (unpaired) electrons. The van der Waals surface area contributed by atoms with Crippen molar-refractivity contribution in [2.24, 2.45) is 18.7 Å². The van der Waals surface area contributed by atoms with Crippen molar-refractivity contribution in [3.05, 3.63) is 17.5 Å². The number of nitrogens with one attached hydrogen (secondary N) is 1. The van der Waals surface area contributed by atoms with E-state index in [1.54, 1.807) is 0 Å². The molecule has 0 aliphatic carbocycles. The first-order valence-electron chi connectivity index (χ1n) is 6.55. The summed E-state index contributed by atoms with van der Waals surface area (Å²) >= 11 is 0. The van der Waals surface area contributed by atoms with E-state index >= 15 is 0 Å². The van der Waals surface area contributed by atoms with E-state index in [0.717, 1.165) is 31.7 Å². The highest BCUT2D eigenvalue weighted by molar-refractivity contribution is 5.79. The lowest BCUT2D eigenvalue weighted by Crippen LogP contribution is -2.34. The van der Waals surface area contributed by atoms with Gasteiger partial charge in [-0.3, -0.25) is 15.0 Å². The molecular weight excluding hydrogens is 226 g/mol. The van der Waals surface area contributed by atoms with Crippen LogP contribution in [-0.4, -0.2) is 33.6 Å². The number of hydrogen-bond acceptors (Lipinski definition) is 3. The zero-order valence-corrected chi connectivity index (χ0v) is 11.9. The Morgan fingerprint density at radius 1 is 1.56 bits per heavy atom. The molecule has 3 N–H and O–H groups in total. The van der Waals surface area contributed by atoms with Crippen LogP contribution < -0.4 is 5.73 Å². The molecule has 18 heavy (non-hydrogen) atoms. The molecule has 1 unspecified atom stereocenters. The number of hydrogen-bond donors (Lipinski definition) is 2. The van der Waals surface area contributed by atoms with Crippen molar-refractivity contribution in [3.8, 4) is 0 Å². The van der Waals surface area contributed by atoms with Gasteiger partial charge in [0, 0.05) is 26.1 Å². The van der Waals surface area contributed by atoms with Crippen LogP contribution in [0.15, 0.2) is 6.07 Å². The normalized spacial score (nSPS) is 12.9. The molecule has 1 aromatic rings. The number of rotatable bonds is 7. The molecule has 0 amide bonds. The molecule has 102 valence electrons. The summed E-state index contributed by atoms with van der Waals surface area (Å²) in [6, 6.07) is 2.15.